The zero-order chi connectivity index (χ0) is 18.1. The maximum atomic E-state index is 12.9. The average molecular weight is 347 g/mol. The standard InChI is InChI=1S/C20H29NO4/c1-3-24-18(22)20(19(23)25-4-2,13-16-9-6-5-7-10-16)14-17-11-8-12-21-15-17/h8,11-12,15-16H,3-7,9-10,13-14H2,1-2H3. The fourth-order valence-electron chi connectivity index (χ4n) is 3.74. The van der Waals surface area contributed by atoms with Gasteiger partial charge in [-0.1, -0.05) is 38.2 Å². The molecule has 0 saturated heterocycles. The molecule has 2 rings (SSSR count). The van der Waals surface area contributed by atoms with Crippen molar-refractivity contribution in [3.05, 3.63) is 30.1 Å². The van der Waals surface area contributed by atoms with Gasteiger partial charge in [0.1, 0.15) is 0 Å². The van der Waals surface area contributed by atoms with Gasteiger partial charge < -0.3 is 9.47 Å². The van der Waals surface area contributed by atoms with Crippen molar-refractivity contribution in [2.45, 2.75) is 58.8 Å². The lowest BCUT2D eigenvalue weighted by molar-refractivity contribution is -0.174. The molecule has 0 aromatic carbocycles. The molecule has 0 bridgehead atoms. The van der Waals surface area contributed by atoms with E-state index in [0.29, 0.717) is 12.3 Å². The lowest BCUT2D eigenvalue weighted by Gasteiger charge is -2.34. The van der Waals surface area contributed by atoms with Gasteiger partial charge in [-0.2, -0.15) is 0 Å². The molecule has 1 aromatic rings. The highest BCUT2D eigenvalue weighted by Gasteiger charge is 2.50. The fourth-order valence-corrected chi connectivity index (χ4v) is 3.74. The highest BCUT2D eigenvalue weighted by molar-refractivity contribution is 6.00. The molecule has 25 heavy (non-hydrogen) atoms. The molecule has 0 amide bonds. The number of esters is 2. The van der Waals surface area contributed by atoms with Crippen molar-refractivity contribution in [3.8, 4) is 0 Å². The smallest absolute Gasteiger partial charge is 0.323 e. The molecule has 0 N–H and O–H groups in total. The summed E-state index contributed by atoms with van der Waals surface area (Å²) in [6.45, 7) is 4.02. The number of pyridine rings is 1. The Labute approximate surface area is 150 Å². The molecule has 1 aromatic heterocycles. The second-order valence-electron chi connectivity index (χ2n) is 6.77. The van der Waals surface area contributed by atoms with E-state index < -0.39 is 17.4 Å². The lowest BCUT2D eigenvalue weighted by atomic mass is 9.71. The van der Waals surface area contributed by atoms with E-state index in [0.717, 1.165) is 31.2 Å². The summed E-state index contributed by atoms with van der Waals surface area (Å²) in [6.07, 6.45) is 9.77. The van der Waals surface area contributed by atoms with Crippen LogP contribution in [0.5, 0.6) is 0 Å². The number of hydrogen-bond acceptors (Lipinski definition) is 5. The summed E-state index contributed by atoms with van der Waals surface area (Å²) >= 11 is 0. The van der Waals surface area contributed by atoms with Crippen LogP contribution in [-0.2, 0) is 25.5 Å². The van der Waals surface area contributed by atoms with Crippen molar-refractivity contribution in [1.82, 2.24) is 4.98 Å². The van der Waals surface area contributed by atoms with Gasteiger partial charge in [0.25, 0.3) is 0 Å². The van der Waals surface area contributed by atoms with Gasteiger partial charge in [-0.3, -0.25) is 14.6 Å². The number of carbonyl (C=O) groups excluding carboxylic acids is 2. The van der Waals surface area contributed by atoms with Gasteiger partial charge in [0, 0.05) is 18.8 Å². The summed E-state index contributed by atoms with van der Waals surface area (Å²) in [5.41, 5.74) is -0.434. The van der Waals surface area contributed by atoms with Crippen LogP contribution < -0.4 is 0 Å². The topological polar surface area (TPSA) is 65.5 Å². The Morgan fingerprint density at radius 2 is 1.76 bits per heavy atom. The van der Waals surface area contributed by atoms with Crippen LogP contribution in [-0.4, -0.2) is 30.1 Å². The van der Waals surface area contributed by atoms with E-state index in [1.54, 1.807) is 26.2 Å². The minimum Gasteiger partial charge on any atom is -0.465 e. The van der Waals surface area contributed by atoms with Crippen molar-refractivity contribution in [2.24, 2.45) is 11.3 Å². The highest BCUT2D eigenvalue weighted by Crippen LogP contribution is 2.39. The number of aromatic nitrogens is 1. The van der Waals surface area contributed by atoms with Crippen molar-refractivity contribution in [2.75, 3.05) is 13.2 Å². The molecule has 1 saturated carbocycles. The van der Waals surface area contributed by atoms with E-state index in [2.05, 4.69) is 4.98 Å². The van der Waals surface area contributed by atoms with Gasteiger partial charge in [-0.05, 0) is 37.8 Å². The van der Waals surface area contributed by atoms with Crippen LogP contribution in [0.3, 0.4) is 0 Å². The number of ether oxygens (including phenoxy) is 2. The van der Waals surface area contributed by atoms with Crippen LogP contribution in [0.25, 0.3) is 0 Å². The summed E-state index contributed by atoms with van der Waals surface area (Å²) in [6, 6.07) is 3.71. The summed E-state index contributed by atoms with van der Waals surface area (Å²) in [4.78, 5) is 30.0. The Kier molecular flexibility index (Phi) is 7.41. The van der Waals surface area contributed by atoms with Crippen molar-refractivity contribution in [1.29, 1.82) is 0 Å². The molecule has 0 radical (unpaired) electrons. The van der Waals surface area contributed by atoms with E-state index in [9.17, 15) is 9.59 Å². The molecule has 5 nitrogen and oxygen atoms in total. The van der Waals surface area contributed by atoms with Crippen molar-refractivity contribution < 1.29 is 19.1 Å². The van der Waals surface area contributed by atoms with Crippen LogP contribution in [0.4, 0.5) is 0 Å². The third kappa shape index (κ3) is 5.03. The normalized spacial score (nSPS) is 15.6. The number of carbonyl (C=O) groups is 2. The molecule has 5 heteroatoms. The second kappa shape index (κ2) is 9.54. The summed E-state index contributed by atoms with van der Waals surface area (Å²) < 4.78 is 10.7. The molecule has 1 aliphatic rings. The first-order chi connectivity index (χ1) is 12.1. The third-order valence-electron chi connectivity index (χ3n) is 4.92. The maximum Gasteiger partial charge on any atom is 0.323 e. The summed E-state index contributed by atoms with van der Waals surface area (Å²) in [5, 5.41) is 0. The largest absolute Gasteiger partial charge is 0.465 e. The second-order valence-corrected chi connectivity index (χ2v) is 6.77. The van der Waals surface area contributed by atoms with E-state index >= 15 is 0 Å². The summed E-state index contributed by atoms with van der Waals surface area (Å²) in [7, 11) is 0. The quantitative estimate of drug-likeness (QED) is 0.530. The van der Waals surface area contributed by atoms with Crippen LogP contribution >= 0.6 is 0 Å². The molecule has 0 unspecified atom stereocenters. The third-order valence-corrected chi connectivity index (χ3v) is 4.92. The molecule has 0 aliphatic heterocycles. The highest BCUT2D eigenvalue weighted by atomic mass is 16.6. The predicted octanol–water partition coefficient (Wildman–Crippen LogP) is 3.71. The first-order valence-corrected chi connectivity index (χ1v) is 9.35. The SMILES string of the molecule is CCOC(=O)C(Cc1cccnc1)(CC1CCCCC1)C(=O)OCC. The minimum absolute atomic E-state index is 0.248. The van der Waals surface area contributed by atoms with Gasteiger partial charge >= 0.3 is 11.9 Å². The van der Waals surface area contributed by atoms with E-state index in [4.69, 9.17) is 9.47 Å². The van der Waals surface area contributed by atoms with E-state index in [1.165, 1.54) is 6.42 Å². The Hall–Kier alpha value is -1.91. The molecular weight excluding hydrogens is 318 g/mol. The fraction of sp³-hybridized carbons (Fsp3) is 0.650. The van der Waals surface area contributed by atoms with Gasteiger partial charge in [0.05, 0.1) is 13.2 Å². The van der Waals surface area contributed by atoms with Crippen molar-refractivity contribution >= 4 is 11.9 Å². The Balaban J connectivity index is 2.35. The molecule has 1 fully saturated rings. The van der Waals surface area contributed by atoms with Gasteiger partial charge in [0.15, 0.2) is 5.41 Å². The van der Waals surface area contributed by atoms with E-state index in [-0.39, 0.29) is 19.6 Å². The minimum atomic E-state index is -1.28. The molecule has 0 spiro atoms. The molecule has 138 valence electrons. The molecular formula is C20H29NO4. The lowest BCUT2D eigenvalue weighted by Crippen LogP contribution is -2.45. The Morgan fingerprint density at radius 3 is 2.28 bits per heavy atom. The van der Waals surface area contributed by atoms with Crippen LogP contribution in [0.2, 0.25) is 0 Å². The monoisotopic (exact) mass is 347 g/mol. The van der Waals surface area contributed by atoms with Crippen LogP contribution in [0, 0.1) is 11.3 Å². The Bertz CT molecular complexity index is 534. The number of nitrogens with zero attached hydrogens (tertiary/aromatic N) is 1. The zero-order valence-electron chi connectivity index (χ0n) is 15.3. The van der Waals surface area contributed by atoms with Gasteiger partial charge in [-0.15, -0.1) is 0 Å². The van der Waals surface area contributed by atoms with Gasteiger partial charge in [0.2, 0.25) is 0 Å². The predicted molar refractivity (Wildman–Crippen MR) is 94.8 cm³/mol. The average Bonchev–Trinajstić information content (AvgIpc) is 2.63. The van der Waals surface area contributed by atoms with Crippen LogP contribution in [0.1, 0.15) is 57.9 Å². The molecule has 1 aliphatic carbocycles. The van der Waals surface area contributed by atoms with Crippen LogP contribution in [0.15, 0.2) is 24.5 Å². The van der Waals surface area contributed by atoms with Crippen molar-refractivity contribution in [3.63, 3.8) is 0 Å². The number of rotatable bonds is 8. The Morgan fingerprint density at radius 1 is 1.12 bits per heavy atom. The number of hydrogen-bond donors (Lipinski definition) is 0. The maximum absolute atomic E-state index is 12.9. The molecule has 0 atom stereocenters. The first kappa shape index (κ1) is 19.4. The first-order valence-electron chi connectivity index (χ1n) is 9.35. The zero-order valence-corrected chi connectivity index (χ0v) is 15.3. The van der Waals surface area contributed by atoms with E-state index in [1.807, 2.05) is 12.1 Å². The van der Waals surface area contributed by atoms with Gasteiger partial charge in [-0.25, -0.2) is 0 Å². The summed E-state index contributed by atoms with van der Waals surface area (Å²) in [5.74, 6) is -0.593. The molecule has 1 heterocycles.